The Labute approximate surface area is 201 Å². The molecule has 1 N–H and O–H groups in total. The van der Waals surface area contributed by atoms with Gasteiger partial charge in [0.1, 0.15) is 12.6 Å². The van der Waals surface area contributed by atoms with Crippen LogP contribution in [0.15, 0.2) is 36.4 Å². The molecule has 0 aliphatic carbocycles. The average molecular weight is 463 g/mol. The fraction of sp³-hybridized carbons (Fsp3) is 0.444. The fourth-order valence-corrected chi connectivity index (χ4v) is 4.91. The van der Waals surface area contributed by atoms with Crippen molar-refractivity contribution < 1.29 is 14.4 Å². The molecule has 2 aromatic carbocycles. The Bertz CT molecular complexity index is 1110. The van der Waals surface area contributed by atoms with Gasteiger partial charge in [-0.15, -0.1) is 0 Å². The van der Waals surface area contributed by atoms with E-state index in [2.05, 4.69) is 10.2 Å². The van der Waals surface area contributed by atoms with Crippen LogP contribution in [0, 0.1) is 13.8 Å². The molecule has 4 rings (SSSR count). The first-order chi connectivity index (χ1) is 16.3. The Morgan fingerprint density at radius 1 is 1.00 bits per heavy atom. The van der Waals surface area contributed by atoms with E-state index < -0.39 is 0 Å². The van der Waals surface area contributed by atoms with Gasteiger partial charge >= 0.3 is 0 Å². The maximum absolute atomic E-state index is 13.5. The fourth-order valence-electron chi connectivity index (χ4n) is 4.91. The number of nitrogens with one attached hydrogen (secondary N) is 1. The maximum atomic E-state index is 13.5. The van der Waals surface area contributed by atoms with Crippen molar-refractivity contribution in [2.24, 2.45) is 0 Å². The van der Waals surface area contributed by atoms with Gasteiger partial charge in [0, 0.05) is 30.9 Å². The topological polar surface area (TPSA) is 73.0 Å². The summed E-state index contributed by atoms with van der Waals surface area (Å²) in [6.07, 6.45) is 2.79. The molecule has 2 heterocycles. The van der Waals surface area contributed by atoms with Crippen LogP contribution >= 0.6 is 0 Å². The molecule has 3 amide bonds. The number of rotatable bonds is 6. The molecule has 2 aromatic rings. The van der Waals surface area contributed by atoms with Crippen molar-refractivity contribution >= 4 is 34.8 Å². The second-order valence-electron chi connectivity index (χ2n) is 9.16. The summed E-state index contributed by atoms with van der Waals surface area (Å²) in [4.78, 5) is 45.0. The van der Waals surface area contributed by atoms with Crippen LogP contribution in [0.5, 0.6) is 0 Å². The van der Waals surface area contributed by atoms with Crippen LogP contribution < -0.4 is 15.1 Å². The number of piperidine rings is 1. The van der Waals surface area contributed by atoms with Gasteiger partial charge in [-0.25, -0.2) is 0 Å². The van der Waals surface area contributed by atoms with Gasteiger partial charge in [0.2, 0.25) is 11.8 Å². The zero-order valence-corrected chi connectivity index (χ0v) is 20.6. The molecule has 0 unspecified atom stereocenters. The molecule has 0 bridgehead atoms. The molecule has 2 aliphatic rings. The van der Waals surface area contributed by atoms with Crippen molar-refractivity contribution in [2.45, 2.75) is 53.0 Å². The minimum absolute atomic E-state index is 0.0689. The van der Waals surface area contributed by atoms with Crippen molar-refractivity contribution in [1.29, 1.82) is 0 Å². The summed E-state index contributed by atoms with van der Waals surface area (Å²) in [5.74, 6) is -0.400. The lowest BCUT2D eigenvalue weighted by Crippen LogP contribution is -2.56. The molecule has 0 spiro atoms. The standard InChI is InChI=1S/C27H34N4O3/c1-5-29(6-2)26(33)20-11-13-22-24(16-20)31(27(34)23-9-7-8-14-30(22)23)17-25(32)28-21-12-10-18(3)19(4)15-21/h10-13,15-16,23H,5-9,14,17H2,1-4H3,(H,28,32)/t23-/m1/s1. The number of fused-ring (bicyclic) bond motifs is 3. The predicted octanol–water partition coefficient (Wildman–Crippen LogP) is 4.13. The average Bonchev–Trinajstić information content (AvgIpc) is 2.84. The third kappa shape index (κ3) is 4.52. The quantitative estimate of drug-likeness (QED) is 0.701. The van der Waals surface area contributed by atoms with Gasteiger partial charge in [-0.1, -0.05) is 6.07 Å². The first kappa shape index (κ1) is 23.8. The lowest BCUT2D eigenvalue weighted by atomic mass is 9.95. The molecule has 2 aliphatic heterocycles. The molecular weight excluding hydrogens is 428 g/mol. The van der Waals surface area contributed by atoms with Crippen LogP contribution in [0.3, 0.4) is 0 Å². The first-order valence-electron chi connectivity index (χ1n) is 12.2. The molecule has 7 heteroatoms. The number of anilines is 3. The summed E-state index contributed by atoms with van der Waals surface area (Å²) in [6.45, 7) is 9.86. The molecule has 1 saturated heterocycles. The monoisotopic (exact) mass is 462 g/mol. The lowest BCUT2D eigenvalue weighted by molar-refractivity contribution is -0.123. The van der Waals surface area contributed by atoms with E-state index in [-0.39, 0.29) is 30.3 Å². The Balaban J connectivity index is 1.66. The van der Waals surface area contributed by atoms with Crippen molar-refractivity contribution in [3.63, 3.8) is 0 Å². The second kappa shape index (κ2) is 9.87. The van der Waals surface area contributed by atoms with E-state index in [1.54, 1.807) is 15.9 Å². The summed E-state index contributed by atoms with van der Waals surface area (Å²) < 4.78 is 0. The number of hydrogen-bond acceptors (Lipinski definition) is 4. The smallest absolute Gasteiger partial charge is 0.253 e. The van der Waals surface area contributed by atoms with Gasteiger partial charge in [0.05, 0.1) is 11.4 Å². The van der Waals surface area contributed by atoms with E-state index in [0.29, 0.717) is 30.0 Å². The molecule has 0 saturated carbocycles. The Hall–Kier alpha value is -3.35. The van der Waals surface area contributed by atoms with E-state index in [0.717, 1.165) is 42.6 Å². The van der Waals surface area contributed by atoms with Crippen LogP contribution in [0.2, 0.25) is 0 Å². The summed E-state index contributed by atoms with van der Waals surface area (Å²) in [5.41, 5.74) is 5.04. The molecule has 180 valence electrons. The third-order valence-corrected chi connectivity index (χ3v) is 7.02. The zero-order chi connectivity index (χ0) is 24.4. The largest absolute Gasteiger partial charge is 0.358 e. The molecule has 1 fully saturated rings. The van der Waals surface area contributed by atoms with Gasteiger partial charge in [-0.3, -0.25) is 19.3 Å². The third-order valence-electron chi connectivity index (χ3n) is 7.02. The highest BCUT2D eigenvalue weighted by Crippen LogP contribution is 2.40. The lowest BCUT2D eigenvalue weighted by Gasteiger charge is -2.45. The number of nitrogens with zero attached hydrogens (tertiary/aromatic N) is 3. The van der Waals surface area contributed by atoms with Crippen molar-refractivity contribution in [3.05, 3.63) is 53.1 Å². The van der Waals surface area contributed by atoms with Crippen LogP contribution in [-0.2, 0) is 9.59 Å². The van der Waals surface area contributed by atoms with Crippen molar-refractivity contribution in [2.75, 3.05) is 41.3 Å². The van der Waals surface area contributed by atoms with E-state index >= 15 is 0 Å². The molecule has 0 aromatic heterocycles. The van der Waals surface area contributed by atoms with E-state index in [1.807, 2.05) is 58.0 Å². The molecule has 7 nitrogen and oxygen atoms in total. The molecule has 0 radical (unpaired) electrons. The Morgan fingerprint density at radius 2 is 1.76 bits per heavy atom. The molecule has 1 atom stereocenters. The van der Waals surface area contributed by atoms with E-state index in [1.165, 1.54) is 0 Å². The van der Waals surface area contributed by atoms with Gasteiger partial charge in [-0.2, -0.15) is 0 Å². The van der Waals surface area contributed by atoms with Crippen LogP contribution in [0.25, 0.3) is 0 Å². The SMILES string of the molecule is CCN(CC)C(=O)c1ccc2c(c1)N(CC(=O)Nc1ccc(C)c(C)c1)C(=O)[C@H]1CCCCN21. The predicted molar refractivity (Wildman–Crippen MR) is 136 cm³/mol. The van der Waals surface area contributed by atoms with Gasteiger partial charge in [0.15, 0.2) is 0 Å². The molecular formula is C27H34N4O3. The number of carbonyl (C=O) groups is 3. The van der Waals surface area contributed by atoms with Gasteiger partial charge in [-0.05, 0) is 88.4 Å². The normalized spacial score (nSPS) is 17.2. The summed E-state index contributed by atoms with van der Waals surface area (Å²) in [5, 5.41) is 2.93. The Kier molecular flexibility index (Phi) is 6.91. The number of hydrogen-bond donors (Lipinski definition) is 1. The zero-order valence-electron chi connectivity index (χ0n) is 20.6. The summed E-state index contributed by atoms with van der Waals surface area (Å²) in [7, 11) is 0. The Morgan fingerprint density at radius 3 is 2.47 bits per heavy atom. The summed E-state index contributed by atoms with van der Waals surface area (Å²) >= 11 is 0. The van der Waals surface area contributed by atoms with Gasteiger partial charge in [0.25, 0.3) is 5.91 Å². The van der Waals surface area contributed by atoms with E-state index in [9.17, 15) is 14.4 Å². The van der Waals surface area contributed by atoms with Crippen molar-refractivity contribution in [1.82, 2.24) is 4.90 Å². The number of aryl methyl sites for hydroxylation is 2. The number of carbonyl (C=O) groups excluding carboxylic acids is 3. The minimum atomic E-state index is -0.264. The second-order valence-corrected chi connectivity index (χ2v) is 9.16. The van der Waals surface area contributed by atoms with Gasteiger partial charge < -0.3 is 15.1 Å². The maximum Gasteiger partial charge on any atom is 0.253 e. The van der Waals surface area contributed by atoms with E-state index in [4.69, 9.17) is 0 Å². The van der Waals surface area contributed by atoms with Crippen LogP contribution in [0.1, 0.15) is 54.6 Å². The van der Waals surface area contributed by atoms with Crippen molar-refractivity contribution in [3.8, 4) is 0 Å². The number of benzene rings is 2. The highest BCUT2D eigenvalue weighted by molar-refractivity contribution is 6.11. The minimum Gasteiger partial charge on any atom is -0.358 e. The van der Waals surface area contributed by atoms with Crippen LogP contribution in [-0.4, -0.2) is 54.8 Å². The molecule has 34 heavy (non-hydrogen) atoms. The number of amides is 3. The first-order valence-corrected chi connectivity index (χ1v) is 12.2. The highest BCUT2D eigenvalue weighted by Gasteiger charge is 2.40. The van der Waals surface area contributed by atoms with Crippen LogP contribution in [0.4, 0.5) is 17.1 Å². The highest BCUT2D eigenvalue weighted by atomic mass is 16.2. The summed E-state index contributed by atoms with van der Waals surface area (Å²) in [6, 6.07) is 11.1.